The first-order chi connectivity index (χ1) is 14.9. The quantitative estimate of drug-likeness (QED) is 0.453. The molecule has 0 spiro atoms. The molecule has 0 bridgehead atoms. The maximum atomic E-state index is 12.7. The highest BCUT2D eigenvalue weighted by molar-refractivity contribution is 9.10. The van der Waals surface area contributed by atoms with Crippen LogP contribution in [0.1, 0.15) is 5.56 Å². The lowest BCUT2D eigenvalue weighted by atomic mass is 10.2. The summed E-state index contributed by atoms with van der Waals surface area (Å²) in [7, 11) is 1.25. The van der Waals surface area contributed by atoms with Crippen LogP contribution in [0.4, 0.5) is 10.5 Å². The summed E-state index contributed by atoms with van der Waals surface area (Å²) in [6.45, 7) is -0.707. The molecule has 0 aliphatic carbocycles. The molecule has 31 heavy (non-hydrogen) atoms. The average molecular weight is 505 g/mol. The van der Waals surface area contributed by atoms with E-state index >= 15 is 0 Å². The van der Waals surface area contributed by atoms with Crippen LogP contribution in [0, 0.1) is 0 Å². The highest BCUT2D eigenvalue weighted by atomic mass is 79.9. The summed E-state index contributed by atoms with van der Waals surface area (Å²) in [6.07, 6.45) is 1.48. The minimum Gasteiger partial charge on any atom is -0.481 e. The van der Waals surface area contributed by atoms with Gasteiger partial charge in [-0.25, -0.2) is 4.79 Å². The number of methoxy groups -OCH3 is 1. The van der Waals surface area contributed by atoms with E-state index in [0.717, 1.165) is 16.7 Å². The van der Waals surface area contributed by atoms with Gasteiger partial charge in [-0.15, -0.1) is 0 Å². The number of nitrogens with one attached hydrogen (secondary N) is 1. The summed E-state index contributed by atoms with van der Waals surface area (Å²) in [5.74, 6) is -1.29. The molecule has 1 heterocycles. The number of amides is 3. The number of nitrogens with zero attached hydrogens (tertiary/aromatic N) is 1. The van der Waals surface area contributed by atoms with E-state index in [0.29, 0.717) is 21.5 Å². The van der Waals surface area contributed by atoms with Gasteiger partial charge in [-0.3, -0.25) is 19.3 Å². The van der Waals surface area contributed by atoms with Gasteiger partial charge in [0.05, 0.1) is 12.0 Å². The van der Waals surface area contributed by atoms with E-state index in [1.165, 1.54) is 13.2 Å². The molecule has 2 aromatic carbocycles. The fraction of sp³-hybridized carbons (Fsp3) is 0.143. The molecule has 1 fully saturated rings. The molecule has 3 amide bonds. The zero-order valence-corrected chi connectivity index (χ0v) is 18.7. The normalized spacial score (nSPS) is 14.6. The zero-order chi connectivity index (χ0) is 22.4. The second-order valence-corrected chi connectivity index (χ2v) is 8.14. The van der Waals surface area contributed by atoms with Crippen molar-refractivity contribution < 1.29 is 28.7 Å². The summed E-state index contributed by atoms with van der Waals surface area (Å²) in [5.41, 5.74) is 1.05. The number of carbonyl (C=O) groups excluding carboxylic acids is 4. The molecule has 1 N–H and O–H groups in total. The number of imide groups is 1. The van der Waals surface area contributed by atoms with Crippen molar-refractivity contribution in [3.63, 3.8) is 0 Å². The second kappa shape index (κ2) is 10.3. The molecule has 0 atom stereocenters. The van der Waals surface area contributed by atoms with Crippen molar-refractivity contribution in [2.45, 2.75) is 0 Å². The van der Waals surface area contributed by atoms with Gasteiger partial charge in [0.15, 0.2) is 6.61 Å². The fourth-order valence-corrected chi connectivity index (χ4v) is 3.81. The van der Waals surface area contributed by atoms with Crippen LogP contribution < -0.4 is 10.1 Å². The number of rotatable bonds is 7. The molecule has 3 rings (SSSR count). The number of hydrogen-bond acceptors (Lipinski definition) is 7. The molecule has 10 heteroatoms. The van der Waals surface area contributed by atoms with Crippen molar-refractivity contribution in [3.05, 3.63) is 63.5 Å². The summed E-state index contributed by atoms with van der Waals surface area (Å²) in [5, 5.41) is 2.09. The van der Waals surface area contributed by atoms with Gasteiger partial charge < -0.3 is 14.8 Å². The molecule has 0 saturated carbocycles. The highest BCUT2D eigenvalue weighted by Gasteiger charge is 2.36. The van der Waals surface area contributed by atoms with Gasteiger partial charge in [0, 0.05) is 15.7 Å². The Morgan fingerprint density at radius 3 is 2.61 bits per heavy atom. The van der Waals surface area contributed by atoms with Crippen molar-refractivity contribution in [3.8, 4) is 5.75 Å². The second-order valence-electron chi connectivity index (χ2n) is 6.23. The Morgan fingerprint density at radius 1 is 1.16 bits per heavy atom. The molecule has 2 aromatic rings. The smallest absolute Gasteiger partial charge is 0.343 e. The number of ether oxygens (including phenoxy) is 2. The van der Waals surface area contributed by atoms with Crippen molar-refractivity contribution in [1.29, 1.82) is 0 Å². The van der Waals surface area contributed by atoms with Crippen molar-refractivity contribution in [1.82, 2.24) is 4.90 Å². The van der Waals surface area contributed by atoms with Gasteiger partial charge in [0.2, 0.25) is 5.91 Å². The first-order valence-corrected chi connectivity index (χ1v) is 10.6. The van der Waals surface area contributed by atoms with Crippen LogP contribution >= 0.6 is 27.7 Å². The Morgan fingerprint density at radius 2 is 1.90 bits per heavy atom. The van der Waals surface area contributed by atoms with E-state index in [1.54, 1.807) is 42.5 Å². The van der Waals surface area contributed by atoms with Gasteiger partial charge in [0.25, 0.3) is 11.1 Å². The predicted molar refractivity (Wildman–Crippen MR) is 119 cm³/mol. The van der Waals surface area contributed by atoms with E-state index in [-0.39, 0.29) is 11.5 Å². The molecule has 1 aliphatic rings. The van der Waals surface area contributed by atoms with Crippen molar-refractivity contribution >= 4 is 62.5 Å². The van der Waals surface area contributed by atoms with Crippen LogP contribution in [0.3, 0.4) is 0 Å². The number of anilines is 1. The molecular weight excluding hydrogens is 488 g/mol. The van der Waals surface area contributed by atoms with Crippen molar-refractivity contribution in [2.75, 3.05) is 25.6 Å². The maximum absolute atomic E-state index is 12.7. The van der Waals surface area contributed by atoms with E-state index in [4.69, 9.17) is 4.74 Å². The van der Waals surface area contributed by atoms with Crippen LogP contribution in [0.2, 0.25) is 0 Å². The number of thioether (sulfide) groups is 1. The minimum atomic E-state index is -0.586. The molecule has 8 nitrogen and oxygen atoms in total. The third-order valence-electron chi connectivity index (χ3n) is 4.06. The largest absolute Gasteiger partial charge is 0.481 e. The molecule has 0 radical (unpaired) electrons. The van der Waals surface area contributed by atoms with Gasteiger partial charge >= 0.3 is 5.97 Å². The number of carbonyl (C=O) groups is 4. The first kappa shape index (κ1) is 22.6. The summed E-state index contributed by atoms with van der Waals surface area (Å²) >= 11 is 4.07. The molecule has 0 aromatic heterocycles. The van der Waals surface area contributed by atoms with Crippen LogP contribution in [0.5, 0.6) is 5.75 Å². The Labute approximate surface area is 190 Å². The number of benzene rings is 2. The van der Waals surface area contributed by atoms with E-state index in [2.05, 4.69) is 26.0 Å². The number of halogens is 1. The number of hydrogen-bond donors (Lipinski definition) is 1. The topological polar surface area (TPSA) is 102 Å². The summed E-state index contributed by atoms with van der Waals surface area (Å²) < 4.78 is 10.7. The lowest BCUT2D eigenvalue weighted by Gasteiger charge is -2.12. The number of para-hydroxylation sites is 1. The zero-order valence-electron chi connectivity index (χ0n) is 16.3. The summed E-state index contributed by atoms with van der Waals surface area (Å²) in [6, 6.07) is 13.8. The van der Waals surface area contributed by atoms with Crippen LogP contribution in [0.15, 0.2) is 57.9 Å². The molecule has 1 aliphatic heterocycles. The molecular formula is C21H17BrN2O6S. The standard InChI is InChI=1S/C21H17BrN2O6S/c1-29-19(26)12-30-16-8-7-14(22)9-13(16)10-17-20(27)24(21(28)31-17)11-18(25)23-15-5-3-2-4-6-15/h2-10H,11-12H2,1H3,(H,23,25)/b17-10-. The van der Waals surface area contributed by atoms with Crippen LogP contribution in [0.25, 0.3) is 6.08 Å². The van der Waals surface area contributed by atoms with Crippen molar-refractivity contribution in [2.24, 2.45) is 0 Å². The highest BCUT2D eigenvalue weighted by Crippen LogP contribution is 2.34. The van der Waals surface area contributed by atoms with Gasteiger partial charge in [-0.05, 0) is 48.2 Å². The molecule has 0 unspecified atom stereocenters. The third kappa shape index (κ3) is 5.96. The van der Waals surface area contributed by atoms with Crippen LogP contribution in [-0.2, 0) is 19.1 Å². The maximum Gasteiger partial charge on any atom is 0.343 e. The SMILES string of the molecule is COC(=O)COc1ccc(Br)cc1/C=C1\SC(=O)N(CC(=O)Nc2ccccc2)C1=O. The fourth-order valence-electron chi connectivity index (χ4n) is 2.60. The predicted octanol–water partition coefficient (Wildman–Crippen LogP) is 3.68. The Kier molecular flexibility index (Phi) is 7.48. The lowest BCUT2D eigenvalue weighted by Crippen LogP contribution is -2.36. The Balaban J connectivity index is 1.75. The Bertz CT molecular complexity index is 1060. The summed E-state index contributed by atoms with van der Waals surface area (Å²) in [4.78, 5) is 49.7. The minimum absolute atomic E-state index is 0.138. The van der Waals surface area contributed by atoms with E-state index < -0.39 is 29.6 Å². The van der Waals surface area contributed by atoms with E-state index in [1.807, 2.05) is 6.07 Å². The number of esters is 1. The first-order valence-electron chi connectivity index (χ1n) is 8.97. The van der Waals surface area contributed by atoms with Gasteiger partial charge in [0.1, 0.15) is 12.3 Å². The van der Waals surface area contributed by atoms with E-state index in [9.17, 15) is 19.2 Å². The molecule has 160 valence electrons. The third-order valence-corrected chi connectivity index (χ3v) is 5.47. The molecule has 1 saturated heterocycles. The van der Waals surface area contributed by atoms with Gasteiger partial charge in [-0.1, -0.05) is 34.1 Å². The van der Waals surface area contributed by atoms with Crippen LogP contribution in [-0.4, -0.2) is 48.2 Å². The lowest BCUT2D eigenvalue weighted by molar-refractivity contribution is -0.142. The monoisotopic (exact) mass is 504 g/mol. The van der Waals surface area contributed by atoms with Gasteiger partial charge in [-0.2, -0.15) is 0 Å². The Hall–Kier alpha value is -3.11. The average Bonchev–Trinajstić information content (AvgIpc) is 3.01.